The predicted octanol–water partition coefficient (Wildman–Crippen LogP) is 3.91. The van der Waals surface area contributed by atoms with Crippen LogP contribution in [0.1, 0.15) is 47.3 Å². The lowest BCUT2D eigenvalue weighted by Gasteiger charge is -2.17. The van der Waals surface area contributed by atoms with E-state index in [0.29, 0.717) is 12.5 Å². The topological polar surface area (TPSA) is 51.0 Å². The first-order valence-corrected chi connectivity index (χ1v) is 9.64. The van der Waals surface area contributed by atoms with Gasteiger partial charge in [0.2, 0.25) is 0 Å². The molecule has 1 amide bonds. The Labute approximate surface area is 158 Å². The van der Waals surface area contributed by atoms with Crippen molar-refractivity contribution in [2.75, 3.05) is 13.1 Å². The molecular formula is C22H22N4O. The van der Waals surface area contributed by atoms with Crippen molar-refractivity contribution in [1.29, 1.82) is 0 Å². The van der Waals surface area contributed by atoms with Gasteiger partial charge in [-0.25, -0.2) is 4.68 Å². The number of likely N-dealkylation sites (tertiary alicyclic amines) is 1. The van der Waals surface area contributed by atoms with Crippen molar-refractivity contribution < 1.29 is 4.79 Å². The van der Waals surface area contributed by atoms with Gasteiger partial charge in [0.25, 0.3) is 5.91 Å². The van der Waals surface area contributed by atoms with Crippen molar-refractivity contribution in [3.8, 4) is 11.1 Å². The lowest BCUT2D eigenvalue weighted by atomic mass is 10.0. The van der Waals surface area contributed by atoms with E-state index in [0.717, 1.165) is 35.3 Å². The Morgan fingerprint density at radius 3 is 2.41 bits per heavy atom. The SMILES string of the molecule is O=C(c1ccc(-c2ccccc2)cc1)N1CCC(n2cc(C3CC3)nn2)C1. The molecule has 0 N–H and O–H groups in total. The molecule has 1 aliphatic carbocycles. The molecule has 136 valence electrons. The van der Waals surface area contributed by atoms with E-state index in [1.165, 1.54) is 12.8 Å². The summed E-state index contributed by atoms with van der Waals surface area (Å²) in [7, 11) is 0. The smallest absolute Gasteiger partial charge is 0.253 e. The molecule has 5 rings (SSSR count). The highest BCUT2D eigenvalue weighted by Gasteiger charge is 2.31. The summed E-state index contributed by atoms with van der Waals surface area (Å²) in [6.45, 7) is 1.47. The average molecular weight is 358 g/mol. The van der Waals surface area contributed by atoms with Crippen LogP contribution in [0.2, 0.25) is 0 Å². The van der Waals surface area contributed by atoms with Crippen molar-refractivity contribution in [2.24, 2.45) is 0 Å². The summed E-state index contributed by atoms with van der Waals surface area (Å²) in [4.78, 5) is 14.8. The number of hydrogen-bond donors (Lipinski definition) is 0. The van der Waals surface area contributed by atoms with Crippen LogP contribution >= 0.6 is 0 Å². The van der Waals surface area contributed by atoms with Crippen molar-refractivity contribution in [3.05, 3.63) is 72.1 Å². The van der Waals surface area contributed by atoms with Crippen LogP contribution in [-0.2, 0) is 0 Å². The van der Waals surface area contributed by atoms with E-state index in [4.69, 9.17) is 0 Å². The van der Waals surface area contributed by atoms with Gasteiger partial charge < -0.3 is 4.90 Å². The van der Waals surface area contributed by atoms with Crippen LogP contribution < -0.4 is 0 Å². The summed E-state index contributed by atoms with van der Waals surface area (Å²) in [5.41, 5.74) is 4.14. The Morgan fingerprint density at radius 1 is 0.926 bits per heavy atom. The zero-order valence-electron chi connectivity index (χ0n) is 15.2. The van der Waals surface area contributed by atoms with Crippen LogP contribution in [0, 0.1) is 0 Å². The Hall–Kier alpha value is -2.95. The molecule has 0 radical (unpaired) electrons. The van der Waals surface area contributed by atoms with Gasteiger partial charge in [0.05, 0.1) is 11.7 Å². The molecular weight excluding hydrogens is 336 g/mol. The lowest BCUT2D eigenvalue weighted by molar-refractivity contribution is 0.0787. The summed E-state index contributed by atoms with van der Waals surface area (Å²) < 4.78 is 1.96. The van der Waals surface area contributed by atoms with Gasteiger partial charge in [0.15, 0.2) is 0 Å². The van der Waals surface area contributed by atoms with Crippen molar-refractivity contribution in [1.82, 2.24) is 19.9 Å². The van der Waals surface area contributed by atoms with Crippen LogP contribution in [0.4, 0.5) is 0 Å². The molecule has 1 atom stereocenters. The molecule has 3 aromatic rings. The van der Waals surface area contributed by atoms with Crippen molar-refractivity contribution in [3.63, 3.8) is 0 Å². The number of rotatable bonds is 4. The highest BCUT2D eigenvalue weighted by atomic mass is 16.2. The summed E-state index contributed by atoms with van der Waals surface area (Å²) in [5.74, 6) is 0.709. The van der Waals surface area contributed by atoms with E-state index >= 15 is 0 Å². The van der Waals surface area contributed by atoms with Crippen molar-refractivity contribution >= 4 is 5.91 Å². The van der Waals surface area contributed by atoms with Gasteiger partial charge >= 0.3 is 0 Å². The Kier molecular flexibility index (Phi) is 4.00. The van der Waals surface area contributed by atoms with E-state index < -0.39 is 0 Å². The normalized spacial score (nSPS) is 19.4. The fourth-order valence-corrected chi connectivity index (χ4v) is 3.80. The third-order valence-corrected chi connectivity index (χ3v) is 5.59. The van der Waals surface area contributed by atoms with E-state index in [1.54, 1.807) is 0 Å². The fourth-order valence-electron chi connectivity index (χ4n) is 3.80. The number of carbonyl (C=O) groups is 1. The minimum absolute atomic E-state index is 0.0969. The molecule has 2 aromatic carbocycles. The monoisotopic (exact) mass is 358 g/mol. The van der Waals surface area contributed by atoms with Gasteiger partial charge in [-0.15, -0.1) is 5.10 Å². The maximum absolute atomic E-state index is 12.9. The summed E-state index contributed by atoms with van der Waals surface area (Å²) in [6, 6.07) is 18.4. The molecule has 1 saturated carbocycles. The standard InChI is InChI=1S/C22H22N4O/c27-22(19-10-6-17(7-11-19)16-4-2-1-3-5-16)25-13-12-20(14-25)26-15-21(23-24-26)18-8-9-18/h1-7,10-11,15,18,20H,8-9,12-14H2. The Balaban J connectivity index is 1.27. The van der Waals surface area contributed by atoms with Crippen LogP contribution in [-0.4, -0.2) is 38.9 Å². The number of nitrogens with zero attached hydrogens (tertiary/aromatic N) is 4. The van der Waals surface area contributed by atoms with Crippen molar-refractivity contribution in [2.45, 2.75) is 31.2 Å². The molecule has 2 heterocycles. The molecule has 2 fully saturated rings. The first-order valence-electron chi connectivity index (χ1n) is 9.64. The summed E-state index contributed by atoms with van der Waals surface area (Å²) in [6.07, 6.45) is 5.46. The van der Waals surface area contributed by atoms with Crippen LogP contribution in [0.15, 0.2) is 60.8 Å². The first kappa shape index (κ1) is 16.2. The molecule has 5 heteroatoms. The highest BCUT2D eigenvalue weighted by molar-refractivity contribution is 5.95. The maximum atomic E-state index is 12.9. The minimum atomic E-state index is 0.0969. The van der Waals surface area contributed by atoms with Gasteiger partial charge in [0.1, 0.15) is 0 Å². The zero-order chi connectivity index (χ0) is 18.2. The second kappa shape index (κ2) is 6.65. The van der Waals surface area contributed by atoms with E-state index in [9.17, 15) is 4.79 Å². The Morgan fingerprint density at radius 2 is 1.67 bits per heavy atom. The number of benzene rings is 2. The summed E-state index contributed by atoms with van der Waals surface area (Å²) >= 11 is 0. The largest absolute Gasteiger partial charge is 0.336 e. The molecule has 1 aromatic heterocycles. The number of hydrogen-bond acceptors (Lipinski definition) is 3. The van der Waals surface area contributed by atoms with Crippen LogP contribution in [0.5, 0.6) is 0 Å². The van der Waals surface area contributed by atoms with E-state index in [2.05, 4.69) is 28.6 Å². The molecule has 0 bridgehead atoms. The average Bonchev–Trinajstić information content (AvgIpc) is 3.26. The number of aromatic nitrogens is 3. The minimum Gasteiger partial charge on any atom is -0.336 e. The molecule has 0 spiro atoms. The highest BCUT2D eigenvalue weighted by Crippen LogP contribution is 2.39. The van der Waals surface area contributed by atoms with Gasteiger partial charge in [-0.1, -0.05) is 47.7 Å². The fraction of sp³-hybridized carbons (Fsp3) is 0.318. The molecule has 2 aliphatic rings. The lowest BCUT2D eigenvalue weighted by Crippen LogP contribution is -2.29. The predicted molar refractivity (Wildman–Crippen MR) is 103 cm³/mol. The summed E-state index contributed by atoms with van der Waals surface area (Å²) in [5, 5.41) is 8.60. The number of carbonyl (C=O) groups excluding carboxylic acids is 1. The van der Waals surface area contributed by atoms with Crippen LogP contribution in [0.25, 0.3) is 11.1 Å². The Bertz CT molecular complexity index is 944. The molecule has 1 saturated heterocycles. The van der Waals surface area contributed by atoms with E-state index in [1.807, 2.05) is 52.0 Å². The maximum Gasteiger partial charge on any atom is 0.253 e. The molecule has 1 aliphatic heterocycles. The second-order valence-corrected chi connectivity index (χ2v) is 7.53. The molecule has 27 heavy (non-hydrogen) atoms. The van der Waals surface area contributed by atoms with Crippen LogP contribution in [0.3, 0.4) is 0 Å². The third-order valence-electron chi connectivity index (χ3n) is 5.59. The van der Waals surface area contributed by atoms with Gasteiger partial charge in [0, 0.05) is 30.8 Å². The second-order valence-electron chi connectivity index (χ2n) is 7.53. The van der Waals surface area contributed by atoms with Gasteiger partial charge in [-0.3, -0.25) is 4.79 Å². The molecule has 5 nitrogen and oxygen atoms in total. The number of amides is 1. The molecule has 1 unspecified atom stereocenters. The quantitative estimate of drug-likeness (QED) is 0.710. The van der Waals surface area contributed by atoms with Gasteiger partial charge in [-0.05, 0) is 42.5 Å². The third kappa shape index (κ3) is 3.25. The van der Waals surface area contributed by atoms with Gasteiger partial charge in [-0.2, -0.15) is 0 Å². The first-order chi connectivity index (χ1) is 13.3. The van der Waals surface area contributed by atoms with E-state index in [-0.39, 0.29) is 11.9 Å². The zero-order valence-corrected chi connectivity index (χ0v) is 15.2.